The molecule has 1 atom stereocenters. The summed E-state index contributed by atoms with van der Waals surface area (Å²) < 4.78 is 12.8. The van der Waals surface area contributed by atoms with Crippen LogP contribution in [0.1, 0.15) is 24.9 Å². The highest BCUT2D eigenvalue weighted by Crippen LogP contribution is 2.35. The lowest BCUT2D eigenvalue weighted by molar-refractivity contribution is -0.117. The summed E-state index contributed by atoms with van der Waals surface area (Å²) in [5, 5.41) is 6.88. The minimum atomic E-state index is -0.234. The summed E-state index contributed by atoms with van der Waals surface area (Å²) in [5.41, 5.74) is 0.892. The molecule has 0 radical (unpaired) electrons. The first-order chi connectivity index (χ1) is 11.2. The Hall–Kier alpha value is -3.01. The first-order valence-electron chi connectivity index (χ1n) is 7.25. The number of aromatic nitrogens is 3. The molecule has 1 aliphatic heterocycles. The molecule has 0 aliphatic carbocycles. The second-order valence-corrected chi connectivity index (χ2v) is 4.93. The Bertz CT molecular complexity index is 763. The van der Waals surface area contributed by atoms with Crippen molar-refractivity contribution in [2.45, 2.75) is 19.4 Å². The summed E-state index contributed by atoms with van der Waals surface area (Å²) >= 11 is 0. The zero-order valence-corrected chi connectivity index (χ0v) is 12.7. The van der Waals surface area contributed by atoms with Gasteiger partial charge in [0.2, 0.25) is 11.9 Å². The molecule has 0 fully saturated rings. The summed E-state index contributed by atoms with van der Waals surface area (Å²) in [7, 11) is 0. The number of rotatable bonds is 5. The standard InChI is InChI=1S/C16H16N4O3/c1-3-7-23-13-6-5-11(8-14(13)22-4-2)12-9-15(21)19-16-17-10-18-20(12)16/h1,5-6,8,10,12H,4,7,9H2,2H3,(H,17,18,19,21)/t12-/m1/s1. The van der Waals surface area contributed by atoms with E-state index in [4.69, 9.17) is 15.9 Å². The van der Waals surface area contributed by atoms with Crippen molar-refractivity contribution in [1.29, 1.82) is 0 Å². The molecule has 0 bridgehead atoms. The predicted octanol–water partition coefficient (Wildman–Crippen LogP) is 1.62. The van der Waals surface area contributed by atoms with Gasteiger partial charge >= 0.3 is 0 Å². The maximum absolute atomic E-state index is 11.9. The van der Waals surface area contributed by atoms with Crippen molar-refractivity contribution in [3.05, 3.63) is 30.1 Å². The normalized spacial score (nSPS) is 16.2. The molecule has 2 aromatic rings. The van der Waals surface area contributed by atoms with Crippen molar-refractivity contribution in [2.24, 2.45) is 0 Å². The number of ether oxygens (including phenoxy) is 2. The van der Waals surface area contributed by atoms with Crippen LogP contribution in [0.25, 0.3) is 0 Å². The van der Waals surface area contributed by atoms with Crippen LogP contribution in [0.5, 0.6) is 11.5 Å². The van der Waals surface area contributed by atoms with E-state index in [1.165, 1.54) is 6.33 Å². The molecule has 1 N–H and O–H groups in total. The molecular weight excluding hydrogens is 296 g/mol. The summed E-state index contributed by atoms with van der Waals surface area (Å²) in [6, 6.07) is 5.29. The van der Waals surface area contributed by atoms with Crippen molar-refractivity contribution < 1.29 is 14.3 Å². The molecule has 1 aromatic heterocycles. The van der Waals surface area contributed by atoms with Gasteiger partial charge in [-0.3, -0.25) is 10.1 Å². The van der Waals surface area contributed by atoms with Crippen LogP contribution >= 0.6 is 0 Å². The molecule has 1 aliphatic rings. The van der Waals surface area contributed by atoms with Crippen LogP contribution in [0, 0.1) is 12.3 Å². The van der Waals surface area contributed by atoms with E-state index in [9.17, 15) is 4.79 Å². The second kappa shape index (κ2) is 6.40. The third-order valence-corrected chi connectivity index (χ3v) is 3.46. The maximum Gasteiger partial charge on any atom is 0.229 e. The van der Waals surface area contributed by atoms with E-state index < -0.39 is 0 Å². The lowest BCUT2D eigenvalue weighted by Crippen LogP contribution is -2.29. The van der Waals surface area contributed by atoms with Crippen molar-refractivity contribution in [3.8, 4) is 23.8 Å². The highest BCUT2D eigenvalue weighted by molar-refractivity contribution is 5.91. The van der Waals surface area contributed by atoms with Crippen LogP contribution in [-0.2, 0) is 4.79 Å². The Morgan fingerprint density at radius 1 is 1.43 bits per heavy atom. The van der Waals surface area contributed by atoms with Crippen LogP contribution < -0.4 is 14.8 Å². The van der Waals surface area contributed by atoms with E-state index in [2.05, 4.69) is 21.3 Å². The number of nitrogens with zero attached hydrogens (tertiary/aromatic N) is 3. The monoisotopic (exact) mass is 312 g/mol. The fourth-order valence-electron chi connectivity index (χ4n) is 2.50. The van der Waals surface area contributed by atoms with Crippen LogP contribution in [0.2, 0.25) is 0 Å². The topological polar surface area (TPSA) is 78.3 Å². The van der Waals surface area contributed by atoms with Crippen LogP contribution in [0.15, 0.2) is 24.5 Å². The maximum atomic E-state index is 11.9. The van der Waals surface area contributed by atoms with Gasteiger partial charge in [-0.05, 0) is 24.6 Å². The highest BCUT2D eigenvalue weighted by atomic mass is 16.5. The zero-order valence-electron chi connectivity index (χ0n) is 12.7. The Labute approximate surface area is 133 Å². The van der Waals surface area contributed by atoms with Gasteiger partial charge in [-0.1, -0.05) is 12.0 Å². The Morgan fingerprint density at radius 2 is 2.30 bits per heavy atom. The zero-order chi connectivity index (χ0) is 16.2. The van der Waals surface area contributed by atoms with Gasteiger partial charge in [-0.2, -0.15) is 10.1 Å². The largest absolute Gasteiger partial charge is 0.490 e. The van der Waals surface area contributed by atoms with Gasteiger partial charge in [0.15, 0.2) is 11.5 Å². The fraction of sp³-hybridized carbons (Fsp3) is 0.312. The van der Waals surface area contributed by atoms with Gasteiger partial charge in [-0.15, -0.1) is 6.42 Å². The van der Waals surface area contributed by atoms with E-state index in [1.807, 2.05) is 19.1 Å². The van der Waals surface area contributed by atoms with E-state index >= 15 is 0 Å². The van der Waals surface area contributed by atoms with E-state index in [-0.39, 0.29) is 25.0 Å². The molecule has 0 spiro atoms. The van der Waals surface area contributed by atoms with E-state index in [1.54, 1.807) is 10.7 Å². The fourth-order valence-corrected chi connectivity index (χ4v) is 2.50. The summed E-state index contributed by atoms with van der Waals surface area (Å²) in [6.45, 7) is 2.55. The van der Waals surface area contributed by atoms with Crippen LogP contribution in [-0.4, -0.2) is 33.9 Å². The number of terminal acetylenes is 1. The van der Waals surface area contributed by atoms with Crippen molar-refractivity contribution >= 4 is 11.9 Å². The third-order valence-electron chi connectivity index (χ3n) is 3.46. The molecule has 1 amide bonds. The Balaban J connectivity index is 1.96. The number of benzene rings is 1. The van der Waals surface area contributed by atoms with Gasteiger partial charge in [0, 0.05) is 0 Å². The van der Waals surface area contributed by atoms with Gasteiger partial charge in [-0.25, -0.2) is 4.68 Å². The van der Waals surface area contributed by atoms with Crippen molar-refractivity contribution in [3.63, 3.8) is 0 Å². The summed E-state index contributed by atoms with van der Waals surface area (Å²) in [5.74, 6) is 3.94. The number of fused-ring (bicyclic) bond motifs is 1. The van der Waals surface area contributed by atoms with Gasteiger partial charge in [0.1, 0.15) is 12.9 Å². The first-order valence-corrected chi connectivity index (χ1v) is 7.25. The number of amides is 1. The minimum Gasteiger partial charge on any atom is -0.490 e. The molecule has 1 aromatic carbocycles. The van der Waals surface area contributed by atoms with E-state index in [0.717, 1.165) is 5.56 Å². The number of hydrogen-bond acceptors (Lipinski definition) is 5. The number of hydrogen-bond donors (Lipinski definition) is 1. The average molecular weight is 312 g/mol. The SMILES string of the molecule is C#CCOc1ccc([C@H]2CC(=O)Nc3ncnn32)cc1OCC. The van der Waals surface area contributed by atoms with E-state index in [0.29, 0.717) is 24.1 Å². The summed E-state index contributed by atoms with van der Waals surface area (Å²) in [6.07, 6.45) is 6.93. The molecule has 2 heterocycles. The third kappa shape index (κ3) is 2.97. The van der Waals surface area contributed by atoms with Gasteiger partial charge in [0.25, 0.3) is 0 Å². The van der Waals surface area contributed by atoms with Crippen LogP contribution in [0.3, 0.4) is 0 Å². The lowest BCUT2D eigenvalue weighted by atomic mass is 10.0. The van der Waals surface area contributed by atoms with Gasteiger partial charge < -0.3 is 9.47 Å². The second-order valence-electron chi connectivity index (χ2n) is 4.93. The lowest BCUT2D eigenvalue weighted by Gasteiger charge is -2.24. The molecule has 0 saturated heterocycles. The molecule has 0 saturated carbocycles. The number of nitrogens with one attached hydrogen (secondary N) is 1. The Kier molecular flexibility index (Phi) is 4.15. The van der Waals surface area contributed by atoms with Gasteiger partial charge in [0.05, 0.1) is 19.1 Å². The average Bonchev–Trinajstić information content (AvgIpc) is 3.01. The van der Waals surface area contributed by atoms with Crippen molar-refractivity contribution in [1.82, 2.24) is 14.8 Å². The number of anilines is 1. The molecule has 23 heavy (non-hydrogen) atoms. The number of carbonyl (C=O) groups is 1. The summed E-state index contributed by atoms with van der Waals surface area (Å²) in [4.78, 5) is 15.9. The first kappa shape index (κ1) is 14.9. The minimum absolute atomic E-state index is 0.0962. The smallest absolute Gasteiger partial charge is 0.229 e. The molecule has 3 rings (SSSR count). The highest BCUT2D eigenvalue weighted by Gasteiger charge is 2.28. The Morgan fingerprint density at radius 3 is 3.09 bits per heavy atom. The molecular formula is C16H16N4O3. The number of carbonyl (C=O) groups excluding carboxylic acids is 1. The predicted molar refractivity (Wildman–Crippen MR) is 83.3 cm³/mol. The molecule has 7 nitrogen and oxygen atoms in total. The molecule has 0 unspecified atom stereocenters. The van der Waals surface area contributed by atoms with Crippen LogP contribution in [0.4, 0.5) is 5.95 Å². The quantitative estimate of drug-likeness (QED) is 0.849. The molecule has 118 valence electrons. The molecule has 7 heteroatoms. The van der Waals surface area contributed by atoms with Crippen molar-refractivity contribution in [2.75, 3.05) is 18.5 Å².